The fraction of sp³-hybridized carbons (Fsp3) is 0.0417. The fourth-order valence-corrected chi connectivity index (χ4v) is 3.40. The summed E-state index contributed by atoms with van der Waals surface area (Å²) in [6.07, 6.45) is 5.48. The molecule has 0 fully saturated rings. The molecule has 0 aliphatic heterocycles. The van der Waals surface area contributed by atoms with Crippen molar-refractivity contribution in [2.75, 3.05) is 0 Å². The van der Waals surface area contributed by atoms with E-state index in [0.717, 1.165) is 28.0 Å². The predicted molar refractivity (Wildman–Crippen MR) is 116 cm³/mol. The van der Waals surface area contributed by atoms with Gasteiger partial charge in [-0.05, 0) is 48.5 Å². The van der Waals surface area contributed by atoms with E-state index in [1.807, 2.05) is 89.6 Å². The number of carbonyl (C=O) groups is 1. The van der Waals surface area contributed by atoms with Crippen molar-refractivity contribution >= 4 is 16.9 Å². The van der Waals surface area contributed by atoms with Crippen LogP contribution in [0.5, 0.6) is 0 Å². The molecule has 146 valence electrons. The Morgan fingerprint density at radius 2 is 1.63 bits per heavy atom. The van der Waals surface area contributed by atoms with Crippen molar-refractivity contribution in [2.24, 2.45) is 0 Å². The van der Waals surface area contributed by atoms with Crippen LogP contribution in [-0.2, 0) is 6.54 Å². The third-order valence-corrected chi connectivity index (χ3v) is 4.97. The summed E-state index contributed by atoms with van der Waals surface area (Å²) < 4.78 is 3.81. The molecule has 0 unspecified atom stereocenters. The number of imidazole rings is 1. The zero-order chi connectivity index (χ0) is 20.3. The second kappa shape index (κ2) is 7.67. The SMILES string of the molecule is O=C(NCc1cnn(-c2ccccc2)c1)c1ccc(-n2cnc3ccccc32)cc1. The van der Waals surface area contributed by atoms with E-state index < -0.39 is 0 Å². The van der Waals surface area contributed by atoms with E-state index in [0.29, 0.717) is 12.1 Å². The molecule has 0 aliphatic carbocycles. The zero-order valence-corrected chi connectivity index (χ0v) is 16.1. The van der Waals surface area contributed by atoms with Gasteiger partial charge in [0.05, 0.1) is 22.9 Å². The van der Waals surface area contributed by atoms with E-state index in [1.165, 1.54) is 0 Å². The first kappa shape index (κ1) is 17.9. The molecule has 0 radical (unpaired) electrons. The van der Waals surface area contributed by atoms with E-state index in [-0.39, 0.29) is 5.91 Å². The van der Waals surface area contributed by atoms with Gasteiger partial charge in [0.2, 0.25) is 0 Å². The van der Waals surface area contributed by atoms with Crippen LogP contribution in [0.3, 0.4) is 0 Å². The molecule has 5 rings (SSSR count). The van der Waals surface area contributed by atoms with E-state index >= 15 is 0 Å². The van der Waals surface area contributed by atoms with Crippen LogP contribution >= 0.6 is 0 Å². The maximum absolute atomic E-state index is 12.5. The Balaban J connectivity index is 1.26. The summed E-state index contributed by atoms with van der Waals surface area (Å²) in [5.74, 6) is -0.121. The molecule has 3 aromatic carbocycles. The Bertz CT molecular complexity index is 1300. The van der Waals surface area contributed by atoms with Crippen LogP contribution in [0.2, 0.25) is 0 Å². The average Bonchev–Trinajstić information content (AvgIpc) is 3.46. The molecule has 0 aliphatic rings. The number of nitrogens with one attached hydrogen (secondary N) is 1. The van der Waals surface area contributed by atoms with Gasteiger partial charge in [-0.1, -0.05) is 30.3 Å². The van der Waals surface area contributed by atoms with Crippen LogP contribution in [0, 0.1) is 0 Å². The van der Waals surface area contributed by atoms with E-state index in [1.54, 1.807) is 17.2 Å². The molecular formula is C24H19N5O. The van der Waals surface area contributed by atoms with Crippen molar-refractivity contribution in [3.8, 4) is 11.4 Å². The van der Waals surface area contributed by atoms with Crippen molar-refractivity contribution in [3.63, 3.8) is 0 Å². The lowest BCUT2D eigenvalue weighted by Crippen LogP contribution is -2.22. The van der Waals surface area contributed by atoms with E-state index in [2.05, 4.69) is 15.4 Å². The summed E-state index contributed by atoms with van der Waals surface area (Å²) in [5, 5.41) is 7.31. The summed E-state index contributed by atoms with van der Waals surface area (Å²) in [6.45, 7) is 0.416. The Kier molecular flexibility index (Phi) is 4.57. The maximum atomic E-state index is 12.5. The van der Waals surface area contributed by atoms with Crippen molar-refractivity contribution in [3.05, 3.63) is 109 Å². The van der Waals surface area contributed by atoms with Crippen LogP contribution in [0.4, 0.5) is 0 Å². The van der Waals surface area contributed by atoms with Gasteiger partial charge in [-0.2, -0.15) is 5.10 Å². The van der Waals surface area contributed by atoms with Gasteiger partial charge in [0, 0.05) is 29.6 Å². The highest BCUT2D eigenvalue weighted by Crippen LogP contribution is 2.18. The Hall–Kier alpha value is -4.19. The number of hydrogen-bond donors (Lipinski definition) is 1. The number of para-hydroxylation sites is 3. The second-order valence-corrected chi connectivity index (χ2v) is 6.96. The summed E-state index contributed by atoms with van der Waals surface area (Å²) in [6, 6.07) is 25.3. The minimum atomic E-state index is -0.121. The van der Waals surface area contributed by atoms with Crippen molar-refractivity contribution in [1.29, 1.82) is 0 Å². The minimum absolute atomic E-state index is 0.121. The molecule has 2 aromatic heterocycles. The molecular weight excluding hydrogens is 374 g/mol. The normalized spacial score (nSPS) is 10.9. The number of carbonyl (C=O) groups excluding carboxylic acids is 1. The third-order valence-electron chi connectivity index (χ3n) is 4.97. The van der Waals surface area contributed by atoms with Crippen molar-refractivity contribution in [1.82, 2.24) is 24.6 Å². The molecule has 1 N–H and O–H groups in total. The van der Waals surface area contributed by atoms with Gasteiger partial charge in [0.1, 0.15) is 6.33 Å². The summed E-state index contributed by atoms with van der Waals surface area (Å²) in [5.41, 5.74) is 5.47. The molecule has 6 nitrogen and oxygen atoms in total. The third kappa shape index (κ3) is 3.46. The lowest BCUT2D eigenvalue weighted by Gasteiger charge is -2.07. The van der Waals surface area contributed by atoms with Crippen LogP contribution in [0.1, 0.15) is 15.9 Å². The highest BCUT2D eigenvalue weighted by Gasteiger charge is 2.09. The smallest absolute Gasteiger partial charge is 0.251 e. The van der Waals surface area contributed by atoms with E-state index in [4.69, 9.17) is 0 Å². The van der Waals surface area contributed by atoms with Gasteiger partial charge in [-0.25, -0.2) is 9.67 Å². The molecule has 1 amide bonds. The highest BCUT2D eigenvalue weighted by atomic mass is 16.1. The number of benzene rings is 3. The monoisotopic (exact) mass is 393 g/mol. The molecule has 0 atom stereocenters. The first-order valence-corrected chi connectivity index (χ1v) is 9.68. The molecule has 30 heavy (non-hydrogen) atoms. The van der Waals surface area contributed by atoms with Crippen molar-refractivity contribution in [2.45, 2.75) is 6.54 Å². The zero-order valence-electron chi connectivity index (χ0n) is 16.1. The van der Waals surface area contributed by atoms with Gasteiger partial charge < -0.3 is 5.32 Å². The minimum Gasteiger partial charge on any atom is -0.348 e. The van der Waals surface area contributed by atoms with Gasteiger partial charge in [-0.3, -0.25) is 9.36 Å². The average molecular weight is 393 g/mol. The number of aromatic nitrogens is 4. The molecule has 0 saturated carbocycles. The standard InChI is InChI=1S/C24H19N5O/c30-24(25-14-18-15-27-29(16-18)21-6-2-1-3-7-21)19-10-12-20(13-11-19)28-17-26-22-8-4-5-9-23(22)28/h1-13,15-17H,14H2,(H,25,30). The van der Waals surface area contributed by atoms with Gasteiger partial charge >= 0.3 is 0 Å². The Morgan fingerprint density at radius 3 is 2.47 bits per heavy atom. The number of amides is 1. The molecule has 0 bridgehead atoms. The van der Waals surface area contributed by atoms with Gasteiger partial charge in [0.15, 0.2) is 0 Å². The molecule has 0 spiro atoms. The second-order valence-electron chi connectivity index (χ2n) is 6.96. The summed E-state index contributed by atoms with van der Waals surface area (Å²) in [7, 11) is 0. The number of fused-ring (bicyclic) bond motifs is 1. The van der Waals surface area contributed by atoms with Gasteiger partial charge in [0.25, 0.3) is 5.91 Å². The van der Waals surface area contributed by atoms with Crippen molar-refractivity contribution < 1.29 is 4.79 Å². The first-order chi connectivity index (χ1) is 14.8. The van der Waals surface area contributed by atoms with Crippen LogP contribution in [0.25, 0.3) is 22.4 Å². The number of nitrogens with zero attached hydrogens (tertiary/aromatic N) is 4. The van der Waals surface area contributed by atoms with Crippen LogP contribution in [0.15, 0.2) is 97.6 Å². The lowest BCUT2D eigenvalue weighted by atomic mass is 10.2. The lowest BCUT2D eigenvalue weighted by molar-refractivity contribution is 0.0951. The van der Waals surface area contributed by atoms with Crippen LogP contribution < -0.4 is 5.32 Å². The Labute approximate surface area is 173 Å². The Morgan fingerprint density at radius 1 is 0.867 bits per heavy atom. The van der Waals surface area contributed by atoms with Gasteiger partial charge in [-0.15, -0.1) is 0 Å². The quantitative estimate of drug-likeness (QED) is 0.488. The van der Waals surface area contributed by atoms with Crippen LogP contribution in [-0.4, -0.2) is 25.2 Å². The molecule has 6 heteroatoms. The first-order valence-electron chi connectivity index (χ1n) is 9.68. The van der Waals surface area contributed by atoms with E-state index in [9.17, 15) is 4.79 Å². The summed E-state index contributed by atoms with van der Waals surface area (Å²) in [4.78, 5) is 17.0. The highest BCUT2D eigenvalue weighted by molar-refractivity contribution is 5.94. The molecule has 5 aromatic rings. The fourth-order valence-electron chi connectivity index (χ4n) is 3.40. The number of hydrogen-bond acceptors (Lipinski definition) is 3. The topological polar surface area (TPSA) is 64.7 Å². The largest absolute Gasteiger partial charge is 0.348 e. The predicted octanol–water partition coefficient (Wildman–Crippen LogP) is 4.14. The maximum Gasteiger partial charge on any atom is 0.251 e. The number of rotatable bonds is 5. The molecule has 2 heterocycles. The molecule has 0 saturated heterocycles. The summed E-state index contributed by atoms with van der Waals surface area (Å²) >= 11 is 0.